The van der Waals surface area contributed by atoms with Gasteiger partial charge in [-0.3, -0.25) is 0 Å². The zero-order valence-corrected chi connectivity index (χ0v) is 12.0. The quantitative estimate of drug-likeness (QED) is 0.889. The Bertz CT molecular complexity index is 584. The number of hydrogen-bond acceptors (Lipinski definition) is 5. The van der Waals surface area contributed by atoms with Crippen LogP contribution in [0, 0.1) is 0 Å². The summed E-state index contributed by atoms with van der Waals surface area (Å²) >= 11 is 0. The van der Waals surface area contributed by atoms with E-state index in [1.165, 1.54) is 0 Å². The first-order chi connectivity index (χ1) is 9.44. The molecule has 0 bridgehead atoms. The smallest absolute Gasteiger partial charge is 0.163 e. The summed E-state index contributed by atoms with van der Waals surface area (Å²) in [5.41, 5.74) is 6.37. The number of benzene rings is 1. The van der Waals surface area contributed by atoms with Crippen molar-refractivity contribution in [3.63, 3.8) is 0 Å². The molecule has 0 radical (unpaired) electrons. The van der Waals surface area contributed by atoms with Crippen molar-refractivity contribution in [2.24, 2.45) is 0 Å². The minimum Gasteiger partial charge on any atom is -0.394 e. The third kappa shape index (κ3) is 2.88. The molecular formula is C15H20N4O. The standard InChI is InChI=1S/C15H20N4O/c1-15(2,10-20)19(3)13-9-12(16)17-14(18-13)11-7-5-4-6-8-11/h4-9,20H,10H2,1-3H3,(H2,16,17,18). The second-order valence-electron chi connectivity index (χ2n) is 5.37. The SMILES string of the molecule is CN(c1cc(N)nc(-c2ccccc2)n1)C(C)(C)CO. The molecule has 5 nitrogen and oxygen atoms in total. The molecule has 2 rings (SSSR count). The zero-order chi connectivity index (χ0) is 14.8. The van der Waals surface area contributed by atoms with Gasteiger partial charge in [0.15, 0.2) is 5.82 Å². The van der Waals surface area contributed by atoms with Crippen molar-refractivity contribution in [3.8, 4) is 11.4 Å². The molecule has 0 aliphatic heterocycles. The average molecular weight is 272 g/mol. The Kier molecular flexibility index (Phi) is 3.90. The largest absolute Gasteiger partial charge is 0.394 e. The number of anilines is 2. The lowest BCUT2D eigenvalue weighted by Crippen LogP contribution is -2.44. The number of nitrogens with zero attached hydrogens (tertiary/aromatic N) is 3. The van der Waals surface area contributed by atoms with Crippen molar-refractivity contribution in [2.75, 3.05) is 24.3 Å². The van der Waals surface area contributed by atoms with Gasteiger partial charge < -0.3 is 15.7 Å². The minimum absolute atomic E-state index is 0.0219. The van der Waals surface area contributed by atoms with Crippen LogP contribution in [-0.4, -0.2) is 34.3 Å². The lowest BCUT2D eigenvalue weighted by atomic mass is 10.1. The summed E-state index contributed by atoms with van der Waals surface area (Å²) in [6.45, 7) is 3.90. The van der Waals surface area contributed by atoms with Crippen molar-refractivity contribution < 1.29 is 5.11 Å². The molecule has 5 heteroatoms. The Morgan fingerprint density at radius 1 is 1.20 bits per heavy atom. The first-order valence-electron chi connectivity index (χ1n) is 6.49. The lowest BCUT2D eigenvalue weighted by molar-refractivity contribution is 0.215. The predicted molar refractivity (Wildman–Crippen MR) is 81.4 cm³/mol. The van der Waals surface area contributed by atoms with Gasteiger partial charge in [-0.2, -0.15) is 0 Å². The highest BCUT2D eigenvalue weighted by Gasteiger charge is 2.24. The second kappa shape index (κ2) is 5.46. The molecule has 1 aromatic heterocycles. The van der Waals surface area contributed by atoms with E-state index in [9.17, 15) is 5.11 Å². The van der Waals surface area contributed by atoms with Crippen LogP contribution in [-0.2, 0) is 0 Å². The van der Waals surface area contributed by atoms with E-state index in [0.717, 1.165) is 5.56 Å². The van der Waals surface area contributed by atoms with Crippen molar-refractivity contribution in [3.05, 3.63) is 36.4 Å². The molecule has 106 valence electrons. The van der Waals surface area contributed by atoms with Crippen LogP contribution in [0.5, 0.6) is 0 Å². The molecule has 0 atom stereocenters. The lowest BCUT2D eigenvalue weighted by Gasteiger charge is -2.35. The fourth-order valence-electron chi connectivity index (χ4n) is 1.76. The normalized spacial score (nSPS) is 11.4. The Morgan fingerprint density at radius 3 is 2.45 bits per heavy atom. The van der Waals surface area contributed by atoms with E-state index in [2.05, 4.69) is 9.97 Å². The Labute approximate surface area is 119 Å². The van der Waals surface area contributed by atoms with Gasteiger partial charge in [-0.1, -0.05) is 30.3 Å². The summed E-state index contributed by atoms with van der Waals surface area (Å²) in [6.07, 6.45) is 0. The third-order valence-electron chi connectivity index (χ3n) is 3.40. The summed E-state index contributed by atoms with van der Waals surface area (Å²) in [4.78, 5) is 10.7. The first-order valence-corrected chi connectivity index (χ1v) is 6.49. The van der Waals surface area contributed by atoms with Gasteiger partial charge in [0.2, 0.25) is 0 Å². The molecule has 0 unspecified atom stereocenters. The van der Waals surface area contributed by atoms with E-state index in [1.807, 2.05) is 56.1 Å². The molecule has 0 saturated carbocycles. The summed E-state index contributed by atoms with van der Waals surface area (Å²) in [5.74, 6) is 1.69. The first kappa shape index (κ1) is 14.3. The fraction of sp³-hybridized carbons (Fsp3) is 0.333. The maximum Gasteiger partial charge on any atom is 0.163 e. The molecule has 1 aromatic carbocycles. The van der Waals surface area contributed by atoms with E-state index in [-0.39, 0.29) is 6.61 Å². The van der Waals surface area contributed by atoms with Crippen LogP contribution in [0.25, 0.3) is 11.4 Å². The van der Waals surface area contributed by atoms with Crippen molar-refractivity contribution >= 4 is 11.6 Å². The number of aliphatic hydroxyl groups excluding tert-OH is 1. The summed E-state index contributed by atoms with van der Waals surface area (Å²) in [6, 6.07) is 11.4. The molecular weight excluding hydrogens is 252 g/mol. The predicted octanol–water partition coefficient (Wildman–Crippen LogP) is 1.93. The Morgan fingerprint density at radius 2 is 1.85 bits per heavy atom. The molecule has 0 aliphatic carbocycles. The van der Waals surface area contributed by atoms with Gasteiger partial charge in [0.05, 0.1) is 12.1 Å². The van der Waals surface area contributed by atoms with Crippen LogP contribution >= 0.6 is 0 Å². The number of rotatable bonds is 4. The van der Waals surface area contributed by atoms with Gasteiger partial charge in [0.25, 0.3) is 0 Å². The van der Waals surface area contributed by atoms with Crippen molar-refractivity contribution in [1.29, 1.82) is 0 Å². The van der Waals surface area contributed by atoms with E-state index in [0.29, 0.717) is 17.5 Å². The van der Waals surface area contributed by atoms with Gasteiger partial charge in [0, 0.05) is 18.7 Å². The van der Waals surface area contributed by atoms with E-state index >= 15 is 0 Å². The van der Waals surface area contributed by atoms with Crippen LogP contribution in [0.4, 0.5) is 11.6 Å². The Hall–Kier alpha value is -2.14. The highest BCUT2D eigenvalue weighted by atomic mass is 16.3. The Balaban J connectivity index is 2.45. The van der Waals surface area contributed by atoms with E-state index in [4.69, 9.17) is 5.73 Å². The van der Waals surface area contributed by atoms with Crippen LogP contribution in [0.1, 0.15) is 13.8 Å². The average Bonchev–Trinajstić information content (AvgIpc) is 2.46. The summed E-state index contributed by atoms with van der Waals surface area (Å²) in [5, 5.41) is 9.47. The molecule has 0 fully saturated rings. The molecule has 2 aromatic rings. The molecule has 0 saturated heterocycles. The maximum absolute atomic E-state index is 9.47. The van der Waals surface area contributed by atoms with Crippen molar-refractivity contribution in [1.82, 2.24) is 9.97 Å². The topological polar surface area (TPSA) is 75.3 Å². The van der Waals surface area contributed by atoms with Gasteiger partial charge >= 0.3 is 0 Å². The molecule has 0 aliphatic rings. The molecule has 0 spiro atoms. The van der Waals surface area contributed by atoms with Crippen LogP contribution < -0.4 is 10.6 Å². The molecule has 20 heavy (non-hydrogen) atoms. The van der Waals surface area contributed by atoms with E-state index in [1.54, 1.807) is 6.07 Å². The number of aromatic nitrogens is 2. The number of likely N-dealkylation sites (N-methyl/N-ethyl adjacent to an activating group) is 1. The van der Waals surface area contributed by atoms with Gasteiger partial charge in [-0.25, -0.2) is 9.97 Å². The highest BCUT2D eigenvalue weighted by molar-refractivity contribution is 5.61. The summed E-state index contributed by atoms with van der Waals surface area (Å²) in [7, 11) is 1.88. The van der Waals surface area contributed by atoms with Crippen LogP contribution in [0.2, 0.25) is 0 Å². The van der Waals surface area contributed by atoms with Gasteiger partial charge in [0.1, 0.15) is 11.6 Å². The molecule has 0 amide bonds. The monoisotopic (exact) mass is 272 g/mol. The van der Waals surface area contributed by atoms with E-state index < -0.39 is 5.54 Å². The maximum atomic E-state index is 9.47. The summed E-state index contributed by atoms with van der Waals surface area (Å²) < 4.78 is 0. The zero-order valence-electron chi connectivity index (χ0n) is 12.0. The number of aliphatic hydroxyl groups is 1. The van der Waals surface area contributed by atoms with Gasteiger partial charge in [-0.15, -0.1) is 0 Å². The van der Waals surface area contributed by atoms with Crippen LogP contribution in [0.3, 0.4) is 0 Å². The highest BCUT2D eigenvalue weighted by Crippen LogP contribution is 2.24. The third-order valence-corrected chi connectivity index (χ3v) is 3.40. The number of hydrogen-bond donors (Lipinski definition) is 2. The second-order valence-corrected chi connectivity index (χ2v) is 5.37. The molecule has 3 N–H and O–H groups in total. The molecule has 1 heterocycles. The number of nitrogens with two attached hydrogens (primary N) is 1. The van der Waals surface area contributed by atoms with Crippen LogP contribution in [0.15, 0.2) is 36.4 Å². The minimum atomic E-state index is -0.422. The van der Waals surface area contributed by atoms with Crippen molar-refractivity contribution in [2.45, 2.75) is 19.4 Å². The number of nitrogen functional groups attached to an aromatic ring is 1. The fourth-order valence-corrected chi connectivity index (χ4v) is 1.76. The van der Waals surface area contributed by atoms with Gasteiger partial charge in [-0.05, 0) is 13.8 Å².